The summed E-state index contributed by atoms with van der Waals surface area (Å²) >= 11 is 7.15. The number of hydrogen-bond donors (Lipinski definition) is 2. The first kappa shape index (κ1) is 39.4. The number of aliphatic hydroxyl groups is 1. The van der Waals surface area contributed by atoms with E-state index in [0.29, 0.717) is 90.7 Å². The number of rotatable bonds is 13. The third-order valence-corrected chi connectivity index (χ3v) is 11.3. The van der Waals surface area contributed by atoms with E-state index in [4.69, 9.17) is 50.7 Å². The molecule has 56 heavy (non-hydrogen) atoms. The fourth-order valence-electron chi connectivity index (χ4n) is 7.90. The highest BCUT2D eigenvalue weighted by molar-refractivity contribution is 6.36. The summed E-state index contributed by atoms with van der Waals surface area (Å²) < 4.78 is 40.3. The number of methoxy groups -OCH3 is 3. The number of ether oxygens (including phenoxy) is 4. The maximum Gasteiger partial charge on any atom is 0.303 e. The Balaban J connectivity index is 1.18. The predicted octanol–water partition coefficient (Wildman–Crippen LogP) is 6.24. The van der Waals surface area contributed by atoms with Crippen LogP contribution < -0.4 is 14.2 Å². The highest BCUT2D eigenvalue weighted by Crippen LogP contribution is 2.41. The minimum atomic E-state index is -0.792. The number of benzene rings is 2. The maximum atomic E-state index is 15.9. The number of nitrogens with zero attached hydrogens (tertiary/aromatic N) is 6. The number of carboxylic acid groups (broad SMARTS) is 1. The van der Waals surface area contributed by atoms with Crippen molar-refractivity contribution in [2.45, 2.75) is 50.9 Å². The van der Waals surface area contributed by atoms with Gasteiger partial charge in [0.15, 0.2) is 5.82 Å². The molecule has 0 saturated carbocycles. The van der Waals surface area contributed by atoms with Crippen molar-refractivity contribution >= 4 is 28.5 Å². The van der Waals surface area contributed by atoms with E-state index in [9.17, 15) is 9.90 Å². The standard InChI is InChI=1S/C41H46ClFN6O7/c1-47(34-13-16-56-23-35(34)50)21-30-36(53-2)19-37(46-41(30)55-4)49-33-10-6-7-25(28(33)20-44-49)26-8-5-9-27(39(26)42)32-18-31(43)29(40(45-32)54-3)22-48-14-11-24(12-15-48)17-38(51)52/h5-10,18-20,24,34-35,50H,11-17,21-23H2,1-4H3,(H,51,52)/t34-,35+/m1/s1. The number of carboxylic acids is 1. The van der Waals surface area contributed by atoms with E-state index in [1.807, 2.05) is 43.4 Å². The monoisotopic (exact) mass is 788 g/mol. The van der Waals surface area contributed by atoms with Gasteiger partial charge in [-0.05, 0) is 56.9 Å². The lowest BCUT2D eigenvalue weighted by Gasteiger charge is -2.35. The number of carbonyl (C=O) groups is 1. The van der Waals surface area contributed by atoms with Gasteiger partial charge >= 0.3 is 5.97 Å². The molecule has 2 atom stereocenters. The molecule has 0 unspecified atom stereocenters. The molecule has 296 valence electrons. The van der Waals surface area contributed by atoms with Crippen molar-refractivity contribution in [2.24, 2.45) is 5.92 Å². The maximum absolute atomic E-state index is 15.9. The molecule has 7 rings (SSSR count). The fraction of sp³-hybridized carbons (Fsp3) is 0.415. The molecule has 0 amide bonds. The van der Waals surface area contributed by atoms with Crippen LogP contribution in [0.4, 0.5) is 4.39 Å². The van der Waals surface area contributed by atoms with Crippen LogP contribution in [-0.2, 0) is 22.6 Å². The average Bonchev–Trinajstić information content (AvgIpc) is 3.64. The number of hydrogen-bond acceptors (Lipinski definition) is 11. The first-order valence-electron chi connectivity index (χ1n) is 18.6. The van der Waals surface area contributed by atoms with Crippen molar-refractivity contribution in [1.82, 2.24) is 29.5 Å². The van der Waals surface area contributed by atoms with Crippen LogP contribution in [0.25, 0.3) is 39.1 Å². The molecule has 5 aromatic rings. The molecule has 2 saturated heterocycles. The topological polar surface area (TPSA) is 145 Å². The van der Waals surface area contributed by atoms with Crippen LogP contribution in [0.5, 0.6) is 17.5 Å². The van der Waals surface area contributed by atoms with E-state index in [0.717, 1.165) is 34.9 Å². The number of aliphatic hydroxyl groups excluding tert-OH is 1. The Labute approximate surface area is 329 Å². The molecule has 0 aliphatic carbocycles. The zero-order chi connectivity index (χ0) is 39.5. The van der Waals surface area contributed by atoms with Crippen LogP contribution in [0, 0.1) is 11.7 Å². The number of likely N-dealkylation sites (tertiary alicyclic amines) is 1. The smallest absolute Gasteiger partial charge is 0.303 e. The molecule has 0 bridgehead atoms. The van der Waals surface area contributed by atoms with Gasteiger partial charge in [-0.2, -0.15) is 10.1 Å². The van der Waals surface area contributed by atoms with Crippen molar-refractivity contribution in [3.63, 3.8) is 0 Å². The summed E-state index contributed by atoms with van der Waals surface area (Å²) in [5.41, 5.74) is 4.24. The summed E-state index contributed by atoms with van der Waals surface area (Å²) in [5, 5.41) is 25.6. The predicted molar refractivity (Wildman–Crippen MR) is 209 cm³/mol. The summed E-state index contributed by atoms with van der Waals surface area (Å²) in [7, 11) is 6.57. The molecule has 5 heterocycles. The number of aliphatic carboxylic acids is 1. The normalized spacial score (nSPS) is 18.1. The van der Waals surface area contributed by atoms with Gasteiger partial charge in [-0.1, -0.05) is 41.9 Å². The Bertz CT molecular complexity index is 2190. The van der Waals surface area contributed by atoms with Gasteiger partial charge in [-0.15, -0.1) is 0 Å². The van der Waals surface area contributed by atoms with Crippen molar-refractivity contribution in [3.05, 3.63) is 76.7 Å². The van der Waals surface area contributed by atoms with E-state index in [-0.39, 0.29) is 24.3 Å². The molecule has 3 aromatic heterocycles. The Morgan fingerprint density at radius 2 is 1.70 bits per heavy atom. The SMILES string of the molecule is COc1cc(-n2ncc3c(-c4cccc(-c5cc(F)c(CN6CCC(CC(=O)O)CC6)c(OC)n5)c4Cl)cccc32)nc(OC)c1CN(C)[C@@H]1CCOC[C@@H]1O. The van der Waals surface area contributed by atoms with Gasteiger partial charge in [-0.3, -0.25) is 14.6 Å². The Hall–Kier alpha value is -4.86. The van der Waals surface area contributed by atoms with Gasteiger partial charge in [0.25, 0.3) is 0 Å². The Kier molecular flexibility index (Phi) is 12.0. The number of fused-ring (bicyclic) bond motifs is 1. The van der Waals surface area contributed by atoms with E-state index in [1.165, 1.54) is 13.2 Å². The third-order valence-electron chi connectivity index (χ3n) is 10.9. The van der Waals surface area contributed by atoms with Crippen LogP contribution in [-0.4, -0.2) is 113 Å². The van der Waals surface area contributed by atoms with Crippen LogP contribution >= 0.6 is 11.6 Å². The van der Waals surface area contributed by atoms with Crippen molar-refractivity contribution in [3.8, 4) is 45.7 Å². The van der Waals surface area contributed by atoms with Gasteiger partial charge in [-0.25, -0.2) is 14.1 Å². The van der Waals surface area contributed by atoms with E-state index >= 15 is 4.39 Å². The van der Waals surface area contributed by atoms with E-state index in [1.54, 1.807) is 31.2 Å². The molecule has 0 radical (unpaired) electrons. The van der Waals surface area contributed by atoms with E-state index in [2.05, 4.69) is 9.80 Å². The van der Waals surface area contributed by atoms with Gasteiger partial charge < -0.3 is 29.2 Å². The average molecular weight is 789 g/mol. The van der Waals surface area contributed by atoms with Crippen LogP contribution in [0.15, 0.2) is 54.7 Å². The Morgan fingerprint density at radius 1 is 0.982 bits per heavy atom. The van der Waals surface area contributed by atoms with Gasteiger partial charge in [0, 0.05) is 60.8 Å². The van der Waals surface area contributed by atoms with Gasteiger partial charge in [0.2, 0.25) is 11.8 Å². The lowest BCUT2D eigenvalue weighted by molar-refractivity contribution is -0.138. The molecule has 15 heteroatoms. The lowest BCUT2D eigenvalue weighted by Crippen LogP contribution is -2.47. The zero-order valence-corrected chi connectivity index (χ0v) is 32.6. The minimum Gasteiger partial charge on any atom is -0.496 e. The zero-order valence-electron chi connectivity index (χ0n) is 31.9. The molecule has 2 N–H and O–H groups in total. The molecule has 2 fully saturated rings. The van der Waals surface area contributed by atoms with Crippen molar-refractivity contribution < 1.29 is 38.3 Å². The third kappa shape index (κ3) is 8.02. The van der Waals surface area contributed by atoms with Gasteiger partial charge in [0.05, 0.1) is 67.6 Å². The second-order valence-corrected chi connectivity index (χ2v) is 14.7. The highest BCUT2D eigenvalue weighted by atomic mass is 35.5. The second-order valence-electron chi connectivity index (χ2n) is 14.3. The summed E-state index contributed by atoms with van der Waals surface area (Å²) in [6, 6.07) is 14.5. The first-order valence-corrected chi connectivity index (χ1v) is 19.0. The lowest BCUT2D eigenvalue weighted by atomic mass is 9.93. The summed E-state index contributed by atoms with van der Waals surface area (Å²) in [4.78, 5) is 24.9. The summed E-state index contributed by atoms with van der Waals surface area (Å²) in [6.45, 7) is 2.94. The molecule has 2 aromatic carbocycles. The largest absolute Gasteiger partial charge is 0.496 e. The quantitative estimate of drug-likeness (QED) is 0.140. The summed E-state index contributed by atoms with van der Waals surface area (Å²) in [6.07, 6.45) is 3.48. The minimum absolute atomic E-state index is 0.0831. The summed E-state index contributed by atoms with van der Waals surface area (Å²) in [5.74, 6) is 0.482. The molecular weight excluding hydrogens is 743 g/mol. The molecule has 13 nitrogen and oxygen atoms in total. The second kappa shape index (κ2) is 17.1. The van der Waals surface area contributed by atoms with E-state index < -0.39 is 17.9 Å². The van der Waals surface area contributed by atoms with Crippen LogP contribution in [0.3, 0.4) is 0 Å². The van der Waals surface area contributed by atoms with Crippen LogP contribution in [0.1, 0.15) is 36.8 Å². The molecule has 2 aliphatic heterocycles. The fourth-order valence-corrected chi connectivity index (χ4v) is 8.23. The number of halogens is 2. The first-order chi connectivity index (χ1) is 27.1. The molecule has 0 spiro atoms. The number of piperidine rings is 1. The number of pyridine rings is 2. The van der Waals surface area contributed by atoms with Crippen LogP contribution in [0.2, 0.25) is 5.02 Å². The van der Waals surface area contributed by atoms with Gasteiger partial charge in [0.1, 0.15) is 11.6 Å². The van der Waals surface area contributed by atoms with Crippen molar-refractivity contribution in [1.29, 1.82) is 0 Å². The highest BCUT2D eigenvalue weighted by Gasteiger charge is 2.30. The molecule has 2 aliphatic rings. The number of likely N-dealkylation sites (N-methyl/N-ethyl adjacent to an activating group) is 1. The van der Waals surface area contributed by atoms with Crippen molar-refractivity contribution in [2.75, 3.05) is 54.7 Å². The Morgan fingerprint density at radius 3 is 2.41 bits per heavy atom. The number of aromatic nitrogens is 4. The molecular formula is C41H46ClFN6O7.